The lowest BCUT2D eigenvalue weighted by Crippen LogP contribution is -2.41. The summed E-state index contributed by atoms with van der Waals surface area (Å²) in [5.41, 5.74) is 3.61. The number of ether oxygens (including phenoxy) is 1. The molecule has 1 aromatic carbocycles. The molecule has 1 atom stereocenters. The van der Waals surface area contributed by atoms with E-state index in [1.807, 2.05) is 39.8 Å². The van der Waals surface area contributed by atoms with Crippen molar-refractivity contribution in [1.82, 2.24) is 4.72 Å². The van der Waals surface area contributed by atoms with Crippen LogP contribution < -0.4 is 10.0 Å². The smallest absolute Gasteiger partial charge is 0.324 e. The summed E-state index contributed by atoms with van der Waals surface area (Å²) in [7, 11) is -3.54. The first-order chi connectivity index (χ1) is 12.1. The molecule has 7 nitrogen and oxygen atoms in total. The number of unbranched alkanes of at least 4 members (excludes halogenated alkanes) is 1. The molecule has 0 aliphatic rings. The van der Waals surface area contributed by atoms with Crippen LogP contribution >= 0.6 is 0 Å². The molecule has 146 valence electrons. The SMILES string of the molecule is CCCCS(=O)(=O)N[C@@H](C)C(=O)OCC(=O)Nc1c(C)cc(C)cc1C. The van der Waals surface area contributed by atoms with Gasteiger partial charge >= 0.3 is 5.97 Å². The Kier molecular flexibility index (Phi) is 8.23. The van der Waals surface area contributed by atoms with Gasteiger partial charge in [0.25, 0.3) is 5.91 Å². The Morgan fingerprint density at radius 3 is 2.27 bits per heavy atom. The van der Waals surface area contributed by atoms with Gasteiger partial charge in [0.1, 0.15) is 6.04 Å². The first-order valence-electron chi connectivity index (χ1n) is 8.60. The van der Waals surface area contributed by atoms with Crippen molar-refractivity contribution >= 4 is 27.6 Å². The third kappa shape index (κ3) is 7.13. The molecule has 0 aromatic heterocycles. The van der Waals surface area contributed by atoms with Crippen molar-refractivity contribution in [3.63, 3.8) is 0 Å². The van der Waals surface area contributed by atoms with Gasteiger partial charge in [-0.25, -0.2) is 13.1 Å². The predicted octanol–water partition coefficient (Wildman–Crippen LogP) is 2.20. The largest absolute Gasteiger partial charge is 0.454 e. The van der Waals surface area contributed by atoms with E-state index in [0.717, 1.165) is 23.1 Å². The molecular weight excluding hydrogens is 356 g/mol. The Morgan fingerprint density at radius 1 is 1.15 bits per heavy atom. The molecule has 0 aliphatic carbocycles. The monoisotopic (exact) mass is 384 g/mol. The average Bonchev–Trinajstić information content (AvgIpc) is 2.53. The summed E-state index contributed by atoms with van der Waals surface area (Å²) in [5, 5.41) is 2.72. The van der Waals surface area contributed by atoms with E-state index >= 15 is 0 Å². The summed E-state index contributed by atoms with van der Waals surface area (Å²) >= 11 is 0. The Hall–Kier alpha value is -1.93. The second kappa shape index (κ2) is 9.68. The van der Waals surface area contributed by atoms with Crippen LogP contribution in [0.5, 0.6) is 0 Å². The standard InChI is InChI=1S/C18H28N2O5S/c1-6-7-8-26(23,24)20-15(5)18(22)25-11-16(21)19-17-13(3)9-12(2)10-14(17)4/h9-10,15,20H,6-8,11H2,1-5H3,(H,19,21)/t15-/m0/s1. The molecule has 0 fully saturated rings. The van der Waals surface area contributed by atoms with E-state index in [9.17, 15) is 18.0 Å². The van der Waals surface area contributed by atoms with E-state index < -0.39 is 34.5 Å². The summed E-state index contributed by atoms with van der Waals surface area (Å²) in [4.78, 5) is 23.9. The summed E-state index contributed by atoms with van der Waals surface area (Å²) in [5.74, 6) is -1.32. The quantitative estimate of drug-likeness (QED) is 0.636. The zero-order valence-electron chi connectivity index (χ0n) is 16.0. The molecule has 0 heterocycles. The first kappa shape index (κ1) is 22.1. The van der Waals surface area contributed by atoms with Gasteiger partial charge in [0, 0.05) is 5.69 Å². The van der Waals surface area contributed by atoms with Crippen molar-refractivity contribution in [2.75, 3.05) is 17.7 Å². The molecular formula is C18H28N2O5S. The number of amides is 1. The van der Waals surface area contributed by atoms with Crippen LogP contribution in [0, 0.1) is 20.8 Å². The molecule has 0 saturated heterocycles. The van der Waals surface area contributed by atoms with E-state index in [1.54, 1.807) is 0 Å². The number of benzene rings is 1. The van der Waals surface area contributed by atoms with Crippen molar-refractivity contribution in [2.45, 2.75) is 53.5 Å². The highest BCUT2D eigenvalue weighted by molar-refractivity contribution is 7.89. The van der Waals surface area contributed by atoms with Crippen LogP contribution in [0.4, 0.5) is 5.69 Å². The third-order valence-electron chi connectivity index (χ3n) is 3.76. The Balaban J connectivity index is 2.55. The highest BCUT2D eigenvalue weighted by atomic mass is 32.2. The van der Waals surface area contributed by atoms with Gasteiger partial charge in [-0.1, -0.05) is 31.0 Å². The first-order valence-corrected chi connectivity index (χ1v) is 10.2. The Bertz CT molecular complexity index is 736. The van der Waals surface area contributed by atoms with Gasteiger partial charge in [-0.05, 0) is 45.2 Å². The molecule has 1 amide bonds. The van der Waals surface area contributed by atoms with Crippen molar-refractivity contribution in [1.29, 1.82) is 0 Å². The number of nitrogens with one attached hydrogen (secondary N) is 2. The summed E-state index contributed by atoms with van der Waals surface area (Å²) in [6, 6.07) is 2.84. The van der Waals surface area contributed by atoms with Crippen LogP contribution in [0.2, 0.25) is 0 Å². The fourth-order valence-corrected chi connectivity index (χ4v) is 3.95. The molecule has 0 spiro atoms. The molecule has 1 aromatic rings. The highest BCUT2D eigenvalue weighted by Gasteiger charge is 2.22. The second-order valence-electron chi connectivity index (χ2n) is 6.44. The molecule has 2 N–H and O–H groups in total. The molecule has 26 heavy (non-hydrogen) atoms. The van der Waals surface area contributed by atoms with Crippen LogP contribution in [0.3, 0.4) is 0 Å². The second-order valence-corrected chi connectivity index (χ2v) is 8.32. The van der Waals surface area contributed by atoms with E-state index in [4.69, 9.17) is 4.74 Å². The number of carbonyl (C=O) groups is 2. The Labute approximate surface area is 155 Å². The van der Waals surface area contributed by atoms with Gasteiger partial charge < -0.3 is 10.1 Å². The molecule has 0 unspecified atom stereocenters. The number of aryl methyl sites for hydroxylation is 3. The van der Waals surface area contributed by atoms with Crippen LogP contribution in [0.15, 0.2) is 12.1 Å². The number of hydrogen-bond donors (Lipinski definition) is 2. The van der Waals surface area contributed by atoms with Gasteiger partial charge in [-0.15, -0.1) is 0 Å². The Morgan fingerprint density at radius 2 is 1.73 bits per heavy atom. The zero-order valence-corrected chi connectivity index (χ0v) is 16.8. The highest BCUT2D eigenvalue weighted by Crippen LogP contribution is 2.21. The van der Waals surface area contributed by atoms with Gasteiger partial charge in [0.2, 0.25) is 10.0 Å². The van der Waals surface area contributed by atoms with E-state index in [-0.39, 0.29) is 5.75 Å². The van der Waals surface area contributed by atoms with Crippen molar-refractivity contribution in [2.24, 2.45) is 0 Å². The number of esters is 1. The van der Waals surface area contributed by atoms with Crippen molar-refractivity contribution in [3.8, 4) is 0 Å². The predicted molar refractivity (Wildman–Crippen MR) is 102 cm³/mol. The van der Waals surface area contributed by atoms with Gasteiger partial charge in [0.15, 0.2) is 6.61 Å². The lowest BCUT2D eigenvalue weighted by molar-refractivity contribution is -0.148. The molecule has 0 bridgehead atoms. The normalized spacial score (nSPS) is 12.5. The minimum absolute atomic E-state index is 0.0480. The number of carbonyl (C=O) groups excluding carboxylic acids is 2. The lowest BCUT2D eigenvalue weighted by Gasteiger charge is -2.15. The minimum Gasteiger partial charge on any atom is -0.454 e. The van der Waals surface area contributed by atoms with Gasteiger partial charge in [0.05, 0.1) is 5.75 Å². The van der Waals surface area contributed by atoms with E-state index in [1.165, 1.54) is 6.92 Å². The van der Waals surface area contributed by atoms with Crippen molar-refractivity contribution in [3.05, 3.63) is 28.8 Å². The maximum atomic E-state index is 12.0. The number of rotatable bonds is 9. The average molecular weight is 384 g/mol. The maximum Gasteiger partial charge on any atom is 0.324 e. The van der Waals surface area contributed by atoms with Gasteiger partial charge in [-0.2, -0.15) is 0 Å². The number of hydrogen-bond acceptors (Lipinski definition) is 5. The van der Waals surface area contributed by atoms with Crippen LogP contribution in [-0.2, 0) is 24.3 Å². The molecule has 1 rings (SSSR count). The molecule has 0 radical (unpaired) electrons. The minimum atomic E-state index is -3.54. The summed E-state index contributed by atoms with van der Waals surface area (Å²) in [6.45, 7) is 8.52. The van der Waals surface area contributed by atoms with Crippen LogP contribution in [0.1, 0.15) is 43.4 Å². The molecule has 8 heteroatoms. The van der Waals surface area contributed by atoms with Crippen LogP contribution in [-0.4, -0.2) is 38.7 Å². The third-order valence-corrected chi connectivity index (χ3v) is 5.30. The topological polar surface area (TPSA) is 102 Å². The summed E-state index contributed by atoms with van der Waals surface area (Å²) < 4.78 is 30.7. The maximum absolute atomic E-state index is 12.0. The number of anilines is 1. The molecule has 0 saturated carbocycles. The van der Waals surface area contributed by atoms with Crippen molar-refractivity contribution < 1.29 is 22.7 Å². The van der Waals surface area contributed by atoms with Gasteiger partial charge in [-0.3, -0.25) is 9.59 Å². The lowest BCUT2D eigenvalue weighted by atomic mass is 10.1. The zero-order chi connectivity index (χ0) is 19.9. The summed E-state index contributed by atoms with van der Waals surface area (Å²) in [6.07, 6.45) is 1.24. The fraction of sp³-hybridized carbons (Fsp3) is 0.556. The van der Waals surface area contributed by atoms with E-state index in [0.29, 0.717) is 12.1 Å². The fourth-order valence-electron chi connectivity index (χ4n) is 2.53. The van der Waals surface area contributed by atoms with Crippen LogP contribution in [0.25, 0.3) is 0 Å². The molecule has 0 aliphatic heterocycles. The number of sulfonamides is 1. The van der Waals surface area contributed by atoms with E-state index in [2.05, 4.69) is 10.0 Å².